The smallest absolute Gasteiger partial charge is 0.371 e. The number of carbonyl (C=O) groups is 1. The van der Waals surface area contributed by atoms with Crippen LogP contribution < -0.4 is 10.2 Å². The second-order valence-corrected chi connectivity index (χ2v) is 5.44. The molecule has 21 heavy (non-hydrogen) atoms. The van der Waals surface area contributed by atoms with Gasteiger partial charge in [0.1, 0.15) is 0 Å². The fourth-order valence-electron chi connectivity index (χ4n) is 2.92. The van der Waals surface area contributed by atoms with Crippen molar-refractivity contribution in [2.24, 2.45) is 0 Å². The molecule has 0 spiro atoms. The molecule has 1 aromatic rings. The van der Waals surface area contributed by atoms with Crippen LogP contribution >= 0.6 is 0 Å². The molecule has 3 rings (SSSR count). The van der Waals surface area contributed by atoms with E-state index in [1.54, 1.807) is 0 Å². The van der Waals surface area contributed by atoms with Crippen molar-refractivity contribution in [1.82, 2.24) is 0 Å². The number of anilines is 2. The monoisotopic (exact) mass is 300 g/mol. The van der Waals surface area contributed by atoms with Crippen LogP contribution in [0.1, 0.15) is 24.8 Å². The molecular formula is C14H15F3N2O2. The molecule has 2 aliphatic heterocycles. The zero-order valence-corrected chi connectivity index (χ0v) is 11.2. The van der Waals surface area contributed by atoms with Crippen LogP contribution in [-0.2, 0) is 10.4 Å². The van der Waals surface area contributed by atoms with E-state index >= 15 is 0 Å². The van der Waals surface area contributed by atoms with Crippen molar-refractivity contribution in [3.05, 3.63) is 23.8 Å². The highest BCUT2D eigenvalue weighted by Crippen LogP contribution is 2.47. The van der Waals surface area contributed by atoms with Gasteiger partial charge >= 0.3 is 6.18 Å². The van der Waals surface area contributed by atoms with Gasteiger partial charge in [-0.3, -0.25) is 4.79 Å². The summed E-state index contributed by atoms with van der Waals surface area (Å²) >= 11 is 0. The van der Waals surface area contributed by atoms with Gasteiger partial charge in [-0.1, -0.05) is 6.07 Å². The number of benzene rings is 1. The van der Waals surface area contributed by atoms with Gasteiger partial charge in [-0.25, -0.2) is 0 Å². The Morgan fingerprint density at radius 1 is 1.19 bits per heavy atom. The molecule has 2 heterocycles. The largest absolute Gasteiger partial charge is 0.430 e. The van der Waals surface area contributed by atoms with Crippen molar-refractivity contribution in [2.45, 2.75) is 31.0 Å². The molecule has 114 valence electrons. The number of nitrogens with zero attached hydrogens (tertiary/aromatic N) is 1. The van der Waals surface area contributed by atoms with Crippen LogP contribution in [0.2, 0.25) is 0 Å². The summed E-state index contributed by atoms with van der Waals surface area (Å²) in [5, 5.41) is 11.9. The molecule has 4 nitrogen and oxygen atoms in total. The SMILES string of the molecule is O=C1Nc2cc(N3CCCCC3)ccc2C1(O)C(F)(F)F. The quantitative estimate of drug-likeness (QED) is 0.837. The average Bonchev–Trinajstić information content (AvgIpc) is 2.71. The first-order chi connectivity index (χ1) is 9.84. The Balaban J connectivity index is 1.99. The standard InChI is InChI=1S/C14H15F3N2O2/c15-14(16,17)13(21)10-5-4-9(8-11(10)18-12(13)20)19-6-2-1-3-7-19/h4-5,8,21H,1-3,6-7H2,(H,18,20). The summed E-state index contributed by atoms with van der Waals surface area (Å²) in [5.74, 6) is -1.44. The third-order valence-electron chi connectivity index (χ3n) is 4.10. The highest BCUT2D eigenvalue weighted by molar-refractivity contribution is 6.06. The Hall–Kier alpha value is -1.76. The maximum Gasteiger partial charge on any atom is 0.430 e. The van der Waals surface area contributed by atoms with Crippen molar-refractivity contribution in [1.29, 1.82) is 0 Å². The van der Waals surface area contributed by atoms with E-state index in [0.29, 0.717) is 0 Å². The van der Waals surface area contributed by atoms with E-state index < -0.39 is 23.2 Å². The van der Waals surface area contributed by atoms with Gasteiger partial charge in [-0.05, 0) is 31.4 Å². The molecule has 2 aliphatic rings. The van der Waals surface area contributed by atoms with Crippen LogP contribution in [0.4, 0.5) is 24.5 Å². The highest BCUT2D eigenvalue weighted by Gasteiger charge is 2.64. The number of carbonyl (C=O) groups excluding carboxylic acids is 1. The Kier molecular flexibility index (Phi) is 3.12. The Bertz CT molecular complexity index is 582. The molecular weight excluding hydrogens is 285 g/mol. The topological polar surface area (TPSA) is 52.6 Å². The van der Waals surface area contributed by atoms with Gasteiger partial charge in [0.05, 0.1) is 0 Å². The lowest BCUT2D eigenvalue weighted by molar-refractivity contribution is -0.252. The van der Waals surface area contributed by atoms with E-state index in [9.17, 15) is 23.1 Å². The van der Waals surface area contributed by atoms with E-state index in [0.717, 1.165) is 38.0 Å². The number of halogens is 3. The zero-order valence-electron chi connectivity index (χ0n) is 11.2. The number of hydrogen-bond acceptors (Lipinski definition) is 3. The fourth-order valence-corrected chi connectivity index (χ4v) is 2.92. The van der Waals surface area contributed by atoms with Crippen molar-refractivity contribution in [3.8, 4) is 0 Å². The number of amides is 1. The van der Waals surface area contributed by atoms with Crippen LogP contribution in [0, 0.1) is 0 Å². The lowest BCUT2D eigenvalue weighted by Gasteiger charge is -2.29. The molecule has 0 aliphatic carbocycles. The Morgan fingerprint density at radius 3 is 2.48 bits per heavy atom. The minimum Gasteiger partial charge on any atom is -0.371 e. The first kappa shape index (κ1) is 14.2. The van der Waals surface area contributed by atoms with E-state index in [-0.39, 0.29) is 5.69 Å². The molecule has 7 heteroatoms. The third kappa shape index (κ3) is 2.07. The third-order valence-corrected chi connectivity index (χ3v) is 4.10. The molecule has 0 saturated carbocycles. The molecule has 1 atom stereocenters. The van der Waals surface area contributed by atoms with E-state index in [2.05, 4.69) is 10.2 Å². The van der Waals surface area contributed by atoms with E-state index in [1.165, 1.54) is 18.2 Å². The summed E-state index contributed by atoms with van der Waals surface area (Å²) in [6.45, 7) is 1.69. The molecule has 1 fully saturated rings. The molecule has 2 N–H and O–H groups in total. The second-order valence-electron chi connectivity index (χ2n) is 5.44. The fraction of sp³-hybridized carbons (Fsp3) is 0.500. The van der Waals surface area contributed by atoms with Crippen molar-refractivity contribution < 1.29 is 23.1 Å². The van der Waals surface area contributed by atoms with Crippen LogP contribution in [0.3, 0.4) is 0 Å². The van der Waals surface area contributed by atoms with Gasteiger partial charge in [0, 0.05) is 30.0 Å². The van der Waals surface area contributed by atoms with Gasteiger partial charge in [0.2, 0.25) is 0 Å². The molecule has 1 unspecified atom stereocenters. The van der Waals surface area contributed by atoms with Crippen LogP contribution in [0.5, 0.6) is 0 Å². The lowest BCUT2D eigenvalue weighted by Crippen LogP contribution is -2.47. The number of alkyl halides is 3. The Labute approximate surface area is 119 Å². The maximum absolute atomic E-state index is 13.0. The summed E-state index contributed by atoms with van der Waals surface area (Å²) in [7, 11) is 0. The van der Waals surface area contributed by atoms with Crippen molar-refractivity contribution >= 4 is 17.3 Å². The van der Waals surface area contributed by atoms with Gasteiger partial charge < -0.3 is 15.3 Å². The molecule has 0 radical (unpaired) electrons. The first-order valence-corrected chi connectivity index (χ1v) is 6.84. The van der Waals surface area contributed by atoms with Gasteiger partial charge in [0.25, 0.3) is 11.5 Å². The van der Waals surface area contributed by atoms with Gasteiger partial charge in [0.15, 0.2) is 0 Å². The Morgan fingerprint density at radius 2 is 1.86 bits per heavy atom. The number of nitrogens with one attached hydrogen (secondary N) is 1. The van der Waals surface area contributed by atoms with Gasteiger partial charge in [-0.15, -0.1) is 0 Å². The molecule has 1 saturated heterocycles. The van der Waals surface area contributed by atoms with E-state index in [1.807, 2.05) is 0 Å². The highest BCUT2D eigenvalue weighted by atomic mass is 19.4. The number of hydrogen-bond donors (Lipinski definition) is 2. The number of rotatable bonds is 1. The minimum atomic E-state index is -5.05. The average molecular weight is 300 g/mol. The van der Waals surface area contributed by atoms with Crippen molar-refractivity contribution in [3.63, 3.8) is 0 Å². The molecule has 1 amide bonds. The number of aliphatic hydroxyl groups is 1. The number of fused-ring (bicyclic) bond motifs is 1. The van der Waals surface area contributed by atoms with Gasteiger partial charge in [-0.2, -0.15) is 13.2 Å². The van der Waals surface area contributed by atoms with Crippen LogP contribution in [0.25, 0.3) is 0 Å². The molecule has 0 aromatic heterocycles. The second kappa shape index (κ2) is 4.62. The summed E-state index contributed by atoms with van der Waals surface area (Å²) in [5.41, 5.74) is -3.09. The lowest BCUT2D eigenvalue weighted by atomic mass is 9.94. The first-order valence-electron chi connectivity index (χ1n) is 6.84. The zero-order chi connectivity index (χ0) is 15.3. The minimum absolute atomic E-state index is 0.0305. The molecule has 1 aromatic carbocycles. The normalized spacial score (nSPS) is 25.7. The predicted molar refractivity (Wildman–Crippen MR) is 71.1 cm³/mol. The van der Waals surface area contributed by atoms with E-state index in [4.69, 9.17) is 0 Å². The summed E-state index contributed by atoms with van der Waals surface area (Å²) in [6.07, 6.45) is -1.83. The van der Waals surface area contributed by atoms with Crippen LogP contribution in [0.15, 0.2) is 18.2 Å². The molecule has 0 bridgehead atoms. The van der Waals surface area contributed by atoms with Crippen molar-refractivity contribution in [2.75, 3.05) is 23.3 Å². The summed E-state index contributed by atoms with van der Waals surface area (Å²) in [6, 6.07) is 4.22. The summed E-state index contributed by atoms with van der Waals surface area (Å²) < 4.78 is 39.0. The maximum atomic E-state index is 13.0. The predicted octanol–water partition coefficient (Wildman–Crippen LogP) is 2.38. The number of piperidine rings is 1. The van der Waals surface area contributed by atoms with Crippen LogP contribution in [-0.4, -0.2) is 30.3 Å². The summed E-state index contributed by atoms with van der Waals surface area (Å²) in [4.78, 5) is 13.7.